The Bertz CT molecular complexity index is 639. The molecule has 0 radical (unpaired) electrons. The van der Waals surface area contributed by atoms with E-state index in [1.165, 1.54) is 12.1 Å². The molecule has 0 aliphatic carbocycles. The summed E-state index contributed by atoms with van der Waals surface area (Å²) in [6.45, 7) is 3.18. The summed E-state index contributed by atoms with van der Waals surface area (Å²) >= 11 is 0. The number of carbonyl (C=O) groups is 1. The van der Waals surface area contributed by atoms with Crippen molar-refractivity contribution in [2.24, 2.45) is 0 Å². The van der Waals surface area contributed by atoms with Gasteiger partial charge in [0, 0.05) is 19.6 Å². The van der Waals surface area contributed by atoms with Crippen molar-refractivity contribution < 1.29 is 18.3 Å². The van der Waals surface area contributed by atoms with E-state index in [4.69, 9.17) is 9.15 Å². The summed E-state index contributed by atoms with van der Waals surface area (Å²) in [5.41, 5.74) is 0.0488. The van der Waals surface area contributed by atoms with Crippen LogP contribution in [0.2, 0.25) is 0 Å². The Kier molecular flexibility index (Phi) is 5.05. The Hall–Kier alpha value is -2.18. The summed E-state index contributed by atoms with van der Waals surface area (Å²) in [5.74, 6) is -0.167. The zero-order valence-electron chi connectivity index (χ0n) is 12.7. The molecular formula is C17H19FN2O3. The van der Waals surface area contributed by atoms with Crippen LogP contribution in [0, 0.1) is 5.82 Å². The van der Waals surface area contributed by atoms with Crippen molar-refractivity contribution in [2.45, 2.75) is 6.04 Å². The van der Waals surface area contributed by atoms with Crippen LogP contribution in [0.5, 0.6) is 0 Å². The molecule has 1 amide bonds. The highest BCUT2D eigenvalue weighted by Gasteiger charge is 2.25. The molecule has 1 aliphatic rings. The molecule has 1 aliphatic heterocycles. The molecule has 0 spiro atoms. The summed E-state index contributed by atoms with van der Waals surface area (Å²) in [6.07, 6.45) is 1.61. The third-order valence-electron chi connectivity index (χ3n) is 3.93. The molecule has 122 valence electrons. The molecule has 0 bridgehead atoms. The smallest absolute Gasteiger partial charge is 0.254 e. The van der Waals surface area contributed by atoms with Gasteiger partial charge in [0.25, 0.3) is 5.91 Å². The van der Waals surface area contributed by atoms with E-state index in [-0.39, 0.29) is 11.6 Å². The first-order chi connectivity index (χ1) is 11.3. The average molecular weight is 318 g/mol. The van der Waals surface area contributed by atoms with Crippen LogP contribution in [0.25, 0.3) is 0 Å². The Morgan fingerprint density at radius 3 is 2.70 bits per heavy atom. The van der Waals surface area contributed by atoms with Gasteiger partial charge in [-0.2, -0.15) is 0 Å². The van der Waals surface area contributed by atoms with Crippen LogP contribution in [0.3, 0.4) is 0 Å². The number of hydrogen-bond donors (Lipinski definition) is 1. The number of nitrogens with one attached hydrogen (secondary N) is 1. The van der Waals surface area contributed by atoms with Gasteiger partial charge in [-0.05, 0) is 24.3 Å². The van der Waals surface area contributed by atoms with Crippen LogP contribution in [-0.4, -0.2) is 43.7 Å². The standard InChI is InChI=1S/C17H19FN2O3/c18-14-5-2-1-4-13(14)17(21)19-12-15(16-6-3-9-23-16)20-7-10-22-11-8-20/h1-6,9,15H,7-8,10-12H2,(H,19,21)/t15-/m0/s1. The normalized spacial score (nSPS) is 16.9. The minimum atomic E-state index is -0.522. The van der Waals surface area contributed by atoms with Gasteiger partial charge in [-0.15, -0.1) is 0 Å². The molecule has 1 aromatic heterocycles. The summed E-state index contributed by atoms with van der Waals surface area (Å²) in [6, 6.07) is 9.57. The zero-order valence-corrected chi connectivity index (χ0v) is 12.7. The molecule has 1 fully saturated rings. The van der Waals surface area contributed by atoms with E-state index < -0.39 is 11.7 Å². The molecule has 0 unspecified atom stereocenters. The number of hydrogen-bond acceptors (Lipinski definition) is 4. The number of morpholine rings is 1. The number of carbonyl (C=O) groups excluding carboxylic acids is 1. The Balaban J connectivity index is 1.69. The second-order valence-electron chi connectivity index (χ2n) is 5.37. The molecular weight excluding hydrogens is 299 g/mol. The van der Waals surface area contributed by atoms with Crippen molar-refractivity contribution in [3.05, 3.63) is 59.8 Å². The predicted molar refractivity (Wildman–Crippen MR) is 82.6 cm³/mol. The summed E-state index contributed by atoms with van der Waals surface area (Å²) in [5, 5.41) is 2.80. The van der Waals surface area contributed by atoms with E-state index in [1.807, 2.05) is 12.1 Å². The number of ether oxygens (including phenoxy) is 1. The lowest BCUT2D eigenvalue weighted by Gasteiger charge is -2.33. The largest absolute Gasteiger partial charge is 0.468 e. The molecule has 23 heavy (non-hydrogen) atoms. The van der Waals surface area contributed by atoms with Gasteiger partial charge < -0.3 is 14.5 Å². The van der Waals surface area contributed by atoms with E-state index in [2.05, 4.69) is 10.2 Å². The maximum absolute atomic E-state index is 13.7. The number of nitrogens with zero attached hydrogens (tertiary/aromatic N) is 1. The fourth-order valence-corrected chi connectivity index (χ4v) is 2.71. The fourth-order valence-electron chi connectivity index (χ4n) is 2.71. The minimum Gasteiger partial charge on any atom is -0.468 e. The first kappa shape index (κ1) is 15.7. The van der Waals surface area contributed by atoms with E-state index in [0.717, 1.165) is 18.8 Å². The number of halogens is 1. The maximum Gasteiger partial charge on any atom is 0.254 e. The van der Waals surface area contributed by atoms with Gasteiger partial charge in [0.2, 0.25) is 0 Å². The van der Waals surface area contributed by atoms with Crippen LogP contribution < -0.4 is 5.32 Å². The average Bonchev–Trinajstić information content (AvgIpc) is 3.10. The van der Waals surface area contributed by atoms with E-state index in [1.54, 1.807) is 18.4 Å². The van der Waals surface area contributed by atoms with Gasteiger partial charge in [-0.25, -0.2) is 4.39 Å². The molecule has 1 atom stereocenters. The van der Waals surface area contributed by atoms with Crippen LogP contribution in [0.1, 0.15) is 22.2 Å². The lowest BCUT2D eigenvalue weighted by Crippen LogP contribution is -2.43. The van der Waals surface area contributed by atoms with Crippen LogP contribution in [-0.2, 0) is 4.74 Å². The first-order valence-electron chi connectivity index (χ1n) is 7.63. The first-order valence-corrected chi connectivity index (χ1v) is 7.63. The lowest BCUT2D eigenvalue weighted by atomic mass is 10.1. The minimum absolute atomic E-state index is 0.0488. The van der Waals surface area contributed by atoms with Gasteiger partial charge in [0.15, 0.2) is 0 Å². The fraction of sp³-hybridized carbons (Fsp3) is 0.353. The van der Waals surface area contributed by atoms with Crippen LogP contribution in [0.15, 0.2) is 47.1 Å². The van der Waals surface area contributed by atoms with Crippen LogP contribution >= 0.6 is 0 Å². The van der Waals surface area contributed by atoms with Gasteiger partial charge in [-0.1, -0.05) is 12.1 Å². The van der Waals surface area contributed by atoms with Gasteiger partial charge in [0.1, 0.15) is 11.6 Å². The molecule has 2 heterocycles. The van der Waals surface area contributed by atoms with Gasteiger partial charge >= 0.3 is 0 Å². The van der Waals surface area contributed by atoms with E-state index in [9.17, 15) is 9.18 Å². The predicted octanol–water partition coefficient (Wildman–Crippen LogP) is 2.22. The number of rotatable bonds is 5. The number of amides is 1. The SMILES string of the molecule is O=C(NC[C@@H](c1ccco1)N1CCOCC1)c1ccccc1F. The van der Waals surface area contributed by atoms with E-state index >= 15 is 0 Å². The third kappa shape index (κ3) is 3.78. The monoisotopic (exact) mass is 318 g/mol. The lowest BCUT2D eigenvalue weighted by molar-refractivity contribution is 0.0118. The Morgan fingerprint density at radius 2 is 2.00 bits per heavy atom. The van der Waals surface area contributed by atoms with Crippen molar-refractivity contribution >= 4 is 5.91 Å². The van der Waals surface area contributed by atoms with Crippen molar-refractivity contribution in [3.8, 4) is 0 Å². The number of benzene rings is 1. The molecule has 1 saturated heterocycles. The second kappa shape index (κ2) is 7.39. The molecule has 2 aromatic rings. The highest BCUT2D eigenvalue weighted by molar-refractivity contribution is 5.94. The Labute approximate surface area is 134 Å². The molecule has 6 heteroatoms. The van der Waals surface area contributed by atoms with Crippen LogP contribution in [0.4, 0.5) is 4.39 Å². The summed E-state index contributed by atoms with van der Waals surface area (Å²) in [4.78, 5) is 14.4. The van der Waals surface area contributed by atoms with Crippen molar-refractivity contribution in [1.82, 2.24) is 10.2 Å². The molecule has 3 rings (SSSR count). The van der Waals surface area contributed by atoms with Gasteiger partial charge in [-0.3, -0.25) is 9.69 Å². The highest BCUT2D eigenvalue weighted by Crippen LogP contribution is 2.22. The van der Waals surface area contributed by atoms with Gasteiger partial charge in [0.05, 0.1) is 31.1 Å². The summed E-state index contributed by atoms with van der Waals surface area (Å²) in [7, 11) is 0. The van der Waals surface area contributed by atoms with E-state index in [0.29, 0.717) is 19.8 Å². The topological polar surface area (TPSA) is 54.7 Å². The molecule has 1 aromatic carbocycles. The maximum atomic E-state index is 13.7. The molecule has 5 nitrogen and oxygen atoms in total. The summed E-state index contributed by atoms with van der Waals surface area (Å²) < 4.78 is 24.6. The molecule has 0 saturated carbocycles. The molecule has 1 N–H and O–H groups in total. The second-order valence-corrected chi connectivity index (χ2v) is 5.37. The third-order valence-corrected chi connectivity index (χ3v) is 3.93. The number of furan rings is 1. The van der Waals surface area contributed by atoms with Crippen molar-refractivity contribution in [2.75, 3.05) is 32.8 Å². The van der Waals surface area contributed by atoms with Crippen molar-refractivity contribution in [3.63, 3.8) is 0 Å². The quantitative estimate of drug-likeness (QED) is 0.918. The Morgan fingerprint density at radius 1 is 1.22 bits per heavy atom. The highest BCUT2D eigenvalue weighted by atomic mass is 19.1. The zero-order chi connectivity index (χ0) is 16.1. The van der Waals surface area contributed by atoms with Crippen molar-refractivity contribution in [1.29, 1.82) is 0 Å².